The van der Waals surface area contributed by atoms with Crippen molar-refractivity contribution in [3.63, 3.8) is 0 Å². The van der Waals surface area contributed by atoms with Crippen molar-refractivity contribution in [2.45, 2.75) is 26.7 Å². The Labute approximate surface area is 109 Å². The number of ether oxygens (including phenoxy) is 2. The molecule has 1 aromatic carbocycles. The molecule has 1 aromatic rings. The van der Waals surface area contributed by atoms with Gasteiger partial charge in [0.15, 0.2) is 5.78 Å². The first kappa shape index (κ1) is 14.9. The molecular formula is C15H22O3. The number of hydrogen-bond acceptors (Lipinski definition) is 3. The molecule has 0 aliphatic carbocycles. The first-order chi connectivity index (χ1) is 8.77. The molecule has 0 aliphatic rings. The number of benzene rings is 1. The van der Waals surface area contributed by atoms with Gasteiger partial charge in [0, 0.05) is 12.2 Å². The van der Waals surface area contributed by atoms with Gasteiger partial charge in [0.05, 0.1) is 13.2 Å². The van der Waals surface area contributed by atoms with Crippen LogP contribution in [-0.4, -0.2) is 32.2 Å². The Hall–Kier alpha value is -1.19. The average molecular weight is 250 g/mol. The van der Waals surface area contributed by atoms with Gasteiger partial charge in [0.1, 0.15) is 6.61 Å². The number of hydrogen-bond donors (Lipinski definition) is 0. The zero-order chi connectivity index (χ0) is 13.2. The highest BCUT2D eigenvalue weighted by Gasteiger charge is 2.05. The van der Waals surface area contributed by atoms with Crippen molar-refractivity contribution in [2.24, 2.45) is 0 Å². The number of carbonyl (C=O) groups excluding carboxylic acids is 1. The van der Waals surface area contributed by atoms with Crippen molar-refractivity contribution >= 4 is 5.78 Å². The highest BCUT2D eigenvalue weighted by molar-refractivity contribution is 5.97. The zero-order valence-corrected chi connectivity index (χ0v) is 11.3. The van der Waals surface area contributed by atoms with Crippen LogP contribution < -0.4 is 0 Å². The van der Waals surface area contributed by atoms with E-state index in [0.29, 0.717) is 18.8 Å². The first-order valence-corrected chi connectivity index (χ1v) is 6.55. The van der Waals surface area contributed by atoms with Gasteiger partial charge in [-0.25, -0.2) is 0 Å². The number of rotatable bonds is 9. The summed E-state index contributed by atoms with van der Waals surface area (Å²) in [6.45, 7) is 6.05. The van der Waals surface area contributed by atoms with Crippen LogP contribution >= 0.6 is 0 Å². The van der Waals surface area contributed by atoms with E-state index < -0.39 is 0 Å². The van der Waals surface area contributed by atoms with Crippen molar-refractivity contribution in [1.82, 2.24) is 0 Å². The van der Waals surface area contributed by atoms with E-state index in [-0.39, 0.29) is 12.4 Å². The fraction of sp³-hybridized carbons (Fsp3) is 0.533. The molecule has 0 aliphatic heterocycles. The summed E-state index contributed by atoms with van der Waals surface area (Å²) >= 11 is 0. The van der Waals surface area contributed by atoms with Gasteiger partial charge in [-0.1, -0.05) is 38.1 Å². The van der Waals surface area contributed by atoms with E-state index in [1.54, 1.807) is 0 Å². The Balaban J connectivity index is 2.23. The Morgan fingerprint density at radius 3 is 2.28 bits per heavy atom. The van der Waals surface area contributed by atoms with E-state index in [1.165, 1.54) is 5.56 Å². The molecule has 0 heterocycles. The van der Waals surface area contributed by atoms with Crippen LogP contribution in [0.4, 0.5) is 0 Å². The van der Waals surface area contributed by atoms with Gasteiger partial charge in [-0.2, -0.15) is 0 Å². The Morgan fingerprint density at radius 2 is 1.67 bits per heavy atom. The lowest BCUT2D eigenvalue weighted by Crippen LogP contribution is -2.12. The van der Waals surface area contributed by atoms with Crippen LogP contribution in [0.2, 0.25) is 0 Å². The summed E-state index contributed by atoms with van der Waals surface area (Å²) in [5, 5.41) is 0. The molecule has 0 bridgehead atoms. The van der Waals surface area contributed by atoms with E-state index >= 15 is 0 Å². The van der Waals surface area contributed by atoms with Gasteiger partial charge in [0.25, 0.3) is 0 Å². The minimum atomic E-state index is 0.0214. The summed E-state index contributed by atoms with van der Waals surface area (Å²) < 4.78 is 10.5. The van der Waals surface area contributed by atoms with Crippen molar-refractivity contribution in [2.75, 3.05) is 26.4 Å². The Morgan fingerprint density at radius 1 is 1.00 bits per heavy atom. The normalized spacial score (nSPS) is 10.6. The summed E-state index contributed by atoms with van der Waals surface area (Å²) in [6.07, 6.45) is 1.99. The van der Waals surface area contributed by atoms with Crippen LogP contribution in [0.25, 0.3) is 0 Å². The van der Waals surface area contributed by atoms with Crippen LogP contribution in [-0.2, 0) is 15.9 Å². The molecule has 0 spiro atoms. The monoisotopic (exact) mass is 250 g/mol. The van der Waals surface area contributed by atoms with Crippen LogP contribution in [0.1, 0.15) is 36.2 Å². The first-order valence-electron chi connectivity index (χ1n) is 6.55. The van der Waals surface area contributed by atoms with Crippen molar-refractivity contribution < 1.29 is 14.3 Å². The lowest BCUT2D eigenvalue weighted by molar-refractivity contribution is 0.0441. The summed E-state index contributed by atoms with van der Waals surface area (Å²) in [6, 6.07) is 7.69. The highest BCUT2D eigenvalue weighted by atomic mass is 16.5. The predicted molar refractivity (Wildman–Crippen MR) is 72.1 cm³/mol. The molecule has 3 heteroatoms. The molecule has 0 saturated carbocycles. The molecule has 0 atom stereocenters. The van der Waals surface area contributed by atoms with Gasteiger partial charge < -0.3 is 9.47 Å². The molecule has 100 valence electrons. The molecule has 0 N–H and O–H groups in total. The summed E-state index contributed by atoms with van der Waals surface area (Å²) in [4.78, 5) is 11.8. The second-order valence-corrected chi connectivity index (χ2v) is 4.14. The molecule has 0 radical (unpaired) electrons. The van der Waals surface area contributed by atoms with Crippen LogP contribution in [0.3, 0.4) is 0 Å². The van der Waals surface area contributed by atoms with Crippen LogP contribution in [0.15, 0.2) is 24.3 Å². The lowest BCUT2D eigenvalue weighted by atomic mass is 10.1. The Kier molecular flexibility index (Phi) is 7.30. The maximum absolute atomic E-state index is 11.8. The van der Waals surface area contributed by atoms with Gasteiger partial charge in [-0.05, 0) is 18.4 Å². The van der Waals surface area contributed by atoms with Crippen LogP contribution in [0, 0.1) is 0 Å². The van der Waals surface area contributed by atoms with E-state index in [1.807, 2.05) is 24.3 Å². The third-order valence-electron chi connectivity index (χ3n) is 2.64. The third kappa shape index (κ3) is 5.43. The Bertz CT molecular complexity index is 343. The molecular weight excluding hydrogens is 228 g/mol. The number of Topliss-reactive ketones (excluding diaryl/α,β-unsaturated/α-hetero) is 1. The molecule has 3 nitrogen and oxygen atoms in total. The lowest BCUT2D eigenvalue weighted by Gasteiger charge is -2.05. The fourth-order valence-electron chi connectivity index (χ4n) is 1.54. The summed E-state index contributed by atoms with van der Waals surface area (Å²) in [7, 11) is 0. The predicted octanol–water partition coefficient (Wildman–Crippen LogP) is 2.87. The molecule has 0 unspecified atom stereocenters. The topological polar surface area (TPSA) is 35.5 Å². The molecule has 0 amide bonds. The molecule has 18 heavy (non-hydrogen) atoms. The molecule has 0 fully saturated rings. The van der Waals surface area contributed by atoms with E-state index in [9.17, 15) is 4.79 Å². The fourth-order valence-corrected chi connectivity index (χ4v) is 1.54. The smallest absolute Gasteiger partial charge is 0.188 e. The van der Waals surface area contributed by atoms with Crippen LogP contribution in [0.5, 0.6) is 0 Å². The largest absolute Gasteiger partial charge is 0.379 e. The van der Waals surface area contributed by atoms with Crippen molar-refractivity contribution in [1.29, 1.82) is 0 Å². The standard InChI is InChI=1S/C15H22O3/c1-3-9-17-10-11-18-12-15(16)14-7-5-13(4-2)6-8-14/h5-8H,3-4,9-12H2,1-2H3. The number of carbonyl (C=O) groups is 1. The minimum absolute atomic E-state index is 0.0214. The average Bonchev–Trinajstić information content (AvgIpc) is 2.42. The summed E-state index contributed by atoms with van der Waals surface area (Å²) in [5.41, 5.74) is 1.95. The molecule has 0 aromatic heterocycles. The quantitative estimate of drug-likeness (QED) is 0.499. The van der Waals surface area contributed by atoms with E-state index in [0.717, 1.165) is 19.4 Å². The van der Waals surface area contributed by atoms with Gasteiger partial charge in [-0.3, -0.25) is 4.79 Å². The molecule has 1 rings (SSSR count). The second-order valence-electron chi connectivity index (χ2n) is 4.14. The minimum Gasteiger partial charge on any atom is -0.379 e. The zero-order valence-electron chi connectivity index (χ0n) is 11.3. The maximum atomic E-state index is 11.8. The van der Waals surface area contributed by atoms with Gasteiger partial charge in [-0.15, -0.1) is 0 Å². The SMILES string of the molecule is CCCOCCOCC(=O)c1ccc(CC)cc1. The number of ketones is 1. The maximum Gasteiger partial charge on any atom is 0.188 e. The summed E-state index contributed by atoms with van der Waals surface area (Å²) in [5.74, 6) is 0.0214. The highest BCUT2D eigenvalue weighted by Crippen LogP contribution is 2.06. The van der Waals surface area contributed by atoms with Crippen molar-refractivity contribution in [3.8, 4) is 0 Å². The van der Waals surface area contributed by atoms with E-state index in [2.05, 4.69) is 13.8 Å². The number of aryl methyl sites for hydroxylation is 1. The van der Waals surface area contributed by atoms with Gasteiger partial charge in [0.2, 0.25) is 0 Å². The van der Waals surface area contributed by atoms with E-state index in [4.69, 9.17) is 9.47 Å². The second kappa shape index (κ2) is 8.84. The van der Waals surface area contributed by atoms with Gasteiger partial charge >= 0.3 is 0 Å². The van der Waals surface area contributed by atoms with Crippen molar-refractivity contribution in [3.05, 3.63) is 35.4 Å². The third-order valence-corrected chi connectivity index (χ3v) is 2.64. The molecule has 0 saturated heterocycles.